The molecular weight excluding hydrogens is 260 g/mol. The highest BCUT2D eigenvalue weighted by Crippen LogP contribution is 2.17. The topological polar surface area (TPSA) is 108 Å². The Labute approximate surface area is 115 Å². The number of anilines is 1. The molecular formula is C12H16N6O2. The van der Waals surface area contributed by atoms with Crippen LogP contribution in [-0.4, -0.2) is 45.9 Å². The smallest absolute Gasteiger partial charge is 0.243 e. The number of hydrogen-bond acceptors (Lipinski definition) is 6. The fourth-order valence-electron chi connectivity index (χ4n) is 1.75. The van der Waals surface area contributed by atoms with Gasteiger partial charge in [-0.2, -0.15) is 0 Å². The van der Waals surface area contributed by atoms with E-state index in [4.69, 9.17) is 10.5 Å². The molecule has 0 bridgehead atoms. The van der Waals surface area contributed by atoms with Gasteiger partial charge in [-0.15, -0.1) is 5.10 Å². The molecule has 0 aliphatic heterocycles. The van der Waals surface area contributed by atoms with Gasteiger partial charge in [-0.25, -0.2) is 4.68 Å². The Morgan fingerprint density at radius 3 is 2.95 bits per heavy atom. The van der Waals surface area contributed by atoms with Crippen LogP contribution in [0.1, 0.15) is 5.56 Å². The van der Waals surface area contributed by atoms with Crippen molar-refractivity contribution in [3.63, 3.8) is 0 Å². The summed E-state index contributed by atoms with van der Waals surface area (Å²) in [6.45, 7) is 2.08. The van der Waals surface area contributed by atoms with Crippen molar-refractivity contribution in [1.29, 1.82) is 0 Å². The summed E-state index contributed by atoms with van der Waals surface area (Å²) in [6.07, 6.45) is 1.51. The fraction of sp³-hybridized carbons (Fsp3) is 0.333. The molecule has 0 aliphatic carbocycles. The molecule has 2 rings (SSSR count). The van der Waals surface area contributed by atoms with Crippen molar-refractivity contribution in [3.8, 4) is 5.69 Å². The van der Waals surface area contributed by atoms with Crippen molar-refractivity contribution in [2.75, 3.05) is 19.0 Å². The molecule has 1 unspecified atom stereocenters. The molecule has 8 heteroatoms. The molecule has 0 radical (unpaired) electrons. The van der Waals surface area contributed by atoms with Gasteiger partial charge in [-0.3, -0.25) is 4.79 Å². The van der Waals surface area contributed by atoms with Crippen LogP contribution in [0, 0.1) is 6.92 Å². The van der Waals surface area contributed by atoms with E-state index < -0.39 is 6.04 Å². The zero-order valence-corrected chi connectivity index (χ0v) is 11.3. The first-order valence-corrected chi connectivity index (χ1v) is 6.01. The highest BCUT2D eigenvalue weighted by molar-refractivity contribution is 5.94. The largest absolute Gasteiger partial charge is 0.383 e. The third-order valence-corrected chi connectivity index (χ3v) is 2.74. The zero-order valence-electron chi connectivity index (χ0n) is 11.3. The van der Waals surface area contributed by atoms with E-state index in [0.717, 1.165) is 11.3 Å². The molecule has 0 saturated carbocycles. The van der Waals surface area contributed by atoms with Gasteiger partial charge in [-0.1, -0.05) is 0 Å². The molecule has 1 atom stereocenters. The standard InChI is InChI=1S/C12H16N6O2/c1-8-5-9(15-12(19)10(13)6-20-2)3-4-11(8)18-7-14-16-17-18/h3-5,7,10H,6,13H2,1-2H3,(H,15,19). The van der Waals surface area contributed by atoms with E-state index in [1.165, 1.54) is 13.4 Å². The summed E-state index contributed by atoms with van der Waals surface area (Å²) in [5.41, 5.74) is 8.08. The lowest BCUT2D eigenvalue weighted by Gasteiger charge is -2.12. The maximum Gasteiger partial charge on any atom is 0.243 e. The minimum Gasteiger partial charge on any atom is -0.383 e. The number of aromatic nitrogens is 4. The Morgan fingerprint density at radius 1 is 1.55 bits per heavy atom. The minimum absolute atomic E-state index is 0.174. The molecule has 0 aliphatic rings. The Morgan fingerprint density at radius 2 is 2.35 bits per heavy atom. The van der Waals surface area contributed by atoms with Crippen molar-refractivity contribution in [2.45, 2.75) is 13.0 Å². The molecule has 0 saturated heterocycles. The number of ether oxygens (including phenoxy) is 1. The van der Waals surface area contributed by atoms with E-state index in [1.807, 2.05) is 19.1 Å². The number of tetrazole rings is 1. The SMILES string of the molecule is COCC(N)C(=O)Nc1ccc(-n2cnnn2)c(C)c1. The van der Waals surface area contributed by atoms with Crippen LogP contribution in [0.2, 0.25) is 0 Å². The summed E-state index contributed by atoms with van der Waals surface area (Å²) in [5.74, 6) is -0.290. The predicted molar refractivity (Wildman–Crippen MR) is 72.4 cm³/mol. The maximum atomic E-state index is 11.8. The van der Waals surface area contributed by atoms with Crippen molar-refractivity contribution in [1.82, 2.24) is 20.2 Å². The fourth-order valence-corrected chi connectivity index (χ4v) is 1.75. The Bertz CT molecular complexity index is 584. The van der Waals surface area contributed by atoms with E-state index in [-0.39, 0.29) is 12.5 Å². The number of methoxy groups -OCH3 is 1. The van der Waals surface area contributed by atoms with Gasteiger partial charge < -0.3 is 15.8 Å². The first-order valence-electron chi connectivity index (χ1n) is 6.01. The number of benzene rings is 1. The summed E-state index contributed by atoms with van der Waals surface area (Å²) in [6, 6.07) is 4.72. The first-order chi connectivity index (χ1) is 9.61. The average molecular weight is 276 g/mol. The van der Waals surface area contributed by atoms with Gasteiger partial charge >= 0.3 is 0 Å². The molecule has 0 spiro atoms. The van der Waals surface area contributed by atoms with Crippen LogP contribution in [0.5, 0.6) is 0 Å². The van der Waals surface area contributed by atoms with E-state index in [2.05, 4.69) is 20.8 Å². The van der Waals surface area contributed by atoms with Crippen LogP contribution < -0.4 is 11.1 Å². The Kier molecular flexibility index (Phi) is 4.38. The van der Waals surface area contributed by atoms with Crippen LogP contribution in [0.4, 0.5) is 5.69 Å². The third-order valence-electron chi connectivity index (χ3n) is 2.74. The summed E-state index contributed by atoms with van der Waals surface area (Å²) in [7, 11) is 1.50. The minimum atomic E-state index is -0.695. The number of hydrogen-bond donors (Lipinski definition) is 2. The third kappa shape index (κ3) is 3.16. The number of carbonyl (C=O) groups excluding carboxylic acids is 1. The molecule has 1 aromatic heterocycles. The second-order valence-electron chi connectivity index (χ2n) is 4.31. The molecule has 2 aromatic rings. The van der Waals surface area contributed by atoms with Crippen molar-refractivity contribution >= 4 is 11.6 Å². The first kappa shape index (κ1) is 14.1. The van der Waals surface area contributed by atoms with Gasteiger partial charge in [0.25, 0.3) is 0 Å². The molecule has 3 N–H and O–H groups in total. The highest BCUT2D eigenvalue weighted by atomic mass is 16.5. The molecule has 0 fully saturated rings. The van der Waals surface area contributed by atoms with Gasteiger partial charge in [0.1, 0.15) is 12.4 Å². The quantitative estimate of drug-likeness (QED) is 0.788. The molecule has 106 valence electrons. The average Bonchev–Trinajstić information content (AvgIpc) is 2.93. The van der Waals surface area contributed by atoms with E-state index >= 15 is 0 Å². The number of nitrogens with two attached hydrogens (primary N) is 1. The van der Waals surface area contributed by atoms with Crippen molar-refractivity contribution in [3.05, 3.63) is 30.1 Å². The van der Waals surface area contributed by atoms with E-state index in [9.17, 15) is 4.79 Å². The molecule has 1 aromatic carbocycles. The summed E-state index contributed by atoms with van der Waals surface area (Å²) >= 11 is 0. The number of nitrogens with one attached hydrogen (secondary N) is 1. The molecule has 20 heavy (non-hydrogen) atoms. The number of carbonyl (C=O) groups is 1. The second-order valence-corrected chi connectivity index (χ2v) is 4.31. The Balaban J connectivity index is 2.12. The lowest BCUT2D eigenvalue weighted by Crippen LogP contribution is -2.39. The van der Waals surface area contributed by atoms with Crippen LogP contribution in [0.25, 0.3) is 5.69 Å². The number of aryl methyl sites for hydroxylation is 1. The monoisotopic (exact) mass is 276 g/mol. The van der Waals surface area contributed by atoms with Crippen molar-refractivity contribution in [2.24, 2.45) is 5.73 Å². The van der Waals surface area contributed by atoms with E-state index in [1.54, 1.807) is 10.7 Å². The second kappa shape index (κ2) is 6.22. The molecule has 1 amide bonds. The Hall–Kier alpha value is -2.32. The number of amides is 1. The van der Waals surface area contributed by atoms with Gasteiger partial charge in [-0.05, 0) is 41.1 Å². The summed E-state index contributed by atoms with van der Waals surface area (Å²) in [5, 5.41) is 13.7. The normalized spacial score (nSPS) is 12.2. The van der Waals surface area contributed by atoms with Crippen molar-refractivity contribution < 1.29 is 9.53 Å². The number of rotatable bonds is 5. The van der Waals surface area contributed by atoms with Crippen LogP contribution in [0.3, 0.4) is 0 Å². The molecule has 8 nitrogen and oxygen atoms in total. The zero-order chi connectivity index (χ0) is 14.5. The van der Waals surface area contributed by atoms with Gasteiger partial charge in [0.2, 0.25) is 5.91 Å². The highest BCUT2D eigenvalue weighted by Gasteiger charge is 2.13. The van der Waals surface area contributed by atoms with Gasteiger partial charge in [0.05, 0.1) is 12.3 Å². The van der Waals surface area contributed by atoms with E-state index in [0.29, 0.717) is 5.69 Å². The lowest BCUT2D eigenvalue weighted by molar-refractivity contribution is -0.118. The predicted octanol–water partition coefficient (Wildman–Crippen LogP) is -0.117. The number of nitrogens with zero attached hydrogens (tertiary/aromatic N) is 4. The summed E-state index contributed by atoms with van der Waals surface area (Å²) < 4.78 is 6.40. The van der Waals surface area contributed by atoms with Crippen LogP contribution in [0.15, 0.2) is 24.5 Å². The summed E-state index contributed by atoms with van der Waals surface area (Å²) in [4.78, 5) is 11.8. The van der Waals surface area contributed by atoms with Gasteiger partial charge in [0.15, 0.2) is 0 Å². The molecule has 1 heterocycles. The maximum absolute atomic E-state index is 11.8. The van der Waals surface area contributed by atoms with Gasteiger partial charge in [0, 0.05) is 12.8 Å². The lowest BCUT2D eigenvalue weighted by atomic mass is 10.1. The van der Waals surface area contributed by atoms with Crippen LogP contribution >= 0.6 is 0 Å². The van der Waals surface area contributed by atoms with Crippen LogP contribution in [-0.2, 0) is 9.53 Å².